The fourth-order valence-corrected chi connectivity index (χ4v) is 6.14. The fourth-order valence-electron chi connectivity index (χ4n) is 3.09. The van der Waals surface area contributed by atoms with Crippen LogP contribution in [0.4, 0.5) is 5.95 Å². The highest BCUT2D eigenvalue weighted by molar-refractivity contribution is 8.00. The Balaban J connectivity index is 1.71. The van der Waals surface area contributed by atoms with Gasteiger partial charge in [0.2, 0.25) is 5.95 Å². The van der Waals surface area contributed by atoms with Crippen molar-refractivity contribution in [3.63, 3.8) is 0 Å². The van der Waals surface area contributed by atoms with Gasteiger partial charge in [0.25, 0.3) is 0 Å². The maximum absolute atomic E-state index is 13.5. The molecule has 1 aromatic carbocycles. The van der Waals surface area contributed by atoms with E-state index in [0.29, 0.717) is 0 Å². The Morgan fingerprint density at radius 3 is 2.71 bits per heavy atom. The molecule has 3 unspecified atom stereocenters. The number of aliphatic hydroxyl groups is 1. The lowest BCUT2D eigenvalue weighted by molar-refractivity contribution is -0.149. The highest BCUT2D eigenvalue weighted by Gasteiger charge is 2.39. The number of thioether (sulfide) groups is 1. The quantitative estimate of drug-likeness (QED) is 0.311. The van der Waals surface area contributed by atoms with Gasteiger partial charge in [-0.15, -0.1) is 11.8 Å². The van der Waals surface area contributed by atoms with Crippen LogP contribution in [0, 0.1) is 0 Å². The summed E-state index contributed by atoms with van der Waals surface area (Å²) < 4.78 is 31.2. The number of carbonyl (C=O) groups excluding carboxylic acids is 1. The van der Waals surface area contributed by atoms with Crippen LogP contribution in [0.25, 0.3) is 0 Å². The standard InChI is InChI=1S/C20H28N5O7PS/c1-12(2)31-18(27)13(3)24-33(29,32-14-7-5-4-6-8-14)30-10-16-15(26)9-17(34-16)25-11-22-19(21)23-20(25)28/h4-8,11-13,15-17,26H,9-10H2,1-3H3,(H,24,29)(H2,21,23,28)/t13-,15?,16?,17?,33-/m0/s1. The number of nitrogens with zero attached hydrogens (tertiary/aromatic N) is 3. The highest BCUT2D eigenvalue weighted by Crippen LogP contribution is 2.48. The Morgan fingerprint density at radius 2 is 2.06 bits per heavy atom. The molecule has 2 aromatic rings. The number of esters is 1. The molecular formula is C20H28N5O7PS. The highest BCUT2D eigenvalue weighted by atomic mass is 32.2. The van der Waals surface area contributed by atoms with Crippen molar-refractivity contribution in [1.29, 1.82) is 0 Å². The first-order chi connectivity index (χ1) is 16.1. The molecule has 1 aliphatic rings. The second-order valence-electron chi connectivity index (χ2n) is 7.87. The van der Waals surface area contributed by atoms with Crippen LogP contribution in [0.15, 0.2) is 41.5 Å². The van der Waals surface area contributed by atoms with E-state index in [1.54, 1.807) is 44.2 Å². The monoisotopic (exact) mass is 513 g/mol. The van der Waals surface area contributed by atoms with Crippen LogP contribution in [0.3, 0.4) is 0 Å². The average molecular weight is 514 g/mol. The summed E-state index contributed by atoms with van der Waals surface area (Å²) in [5.41, 5.74) is 4.84. The Morgan fingerprint density at radius 1 is 1.35 bits per heavy atom. The summed E-state index contributed by atoms with van der Waals surface area (Å²) in [6, 6.07) is 7.36. The van der Waals surface area contributed by atoms with Gasteiger partial charge in [-0.2, -0.15) is 10.1 Å². The van der Waals surface area contributed by atoms with Gasteiger partial charge in [0.15, 0.2) is 0 Å². The molecule has 34 heavy (non-hydrogen) atoms. The van der Waals surface area contributed by atoms with Gasteiger partial charge in [0.1, 0.15) is 18.1 Å². The van der Waals surface area contributed by atoms with E-state index in [-0.39, 0.29) is 30.8 Å². The molecule has 0 saturated carbocycles. The van der Waals surface area contributed by atoms with Crippen molar-refractivity contribution in [2.45, 2.75) is 56.1 Å². The molecule has 0 aliphatic carbocycles. The minimum atomic E-state index is -4.07. The maximum atomic E-state index is 13.5. The molecule has 1 saturated heterocycles. The van der Waals surface area contributed by atoms with Gasteiger partial charge in [-0.25, -0.2) is 14.3 Å². The van der Waals surface area contributed by atoms with E-state index in [0.717, 1.165) is 0 Å². The van der Waals surface area contributed by atoms with E-state index in [9.17, 15) is 19.3 Å². The summed E-state index contributed by atoms with van der Waals surface area (Å²) in [5, 5.41) is 12.1. The van der Waals surface area contributed by atoms with Crippen LogP contribution < -0.4 is 21.0 Å². The molecule has 1 aromatic heterocycles. The van der Waals surface area contributed by atoms with E-state index in [1.807, 2.05) is 0 Å². The van der Waals surface area contributed by atoms with Gasteiger partial charge in [0, 0.05) is 6.42 Å². The topological polar surface area (TPSA) is 168 Å². The van der Waals surface area contributed by atoms with E-state index >= 15 is 0 Å². The summed E-state index contributed by atoms with van der Waals surface area (Å²) in [7, 11) is -4.07. The summed E-state index contributed by atoms with van der Waals surface area (Å²) in [6.07, 6.45) is 0.272. The molecule has 3 rings (SSSR count). The number of nitrogens with two attached hydrogens (primary N) is 1. The van der Waals surface area contributed by atoms with Gasteiger partial charge in [-0.3, -0.25) is 13.9 Å². The van der Waals surface area contributed by atoms with Crippen LogP contribution in [0.2, 0.25) is 0 Å². The third-order valence-electron chi connectivity index (χ3n) is 4.69. The number of rotatable bonds is 10. The van der Waals surface area contributed by atoms with Crippen molar-refractivity contribution in [3.8, 4) is 5.75 Å². The van der Waals surface area contributed by atoms with Crippen LogP contribution in [-0.4, -0.2) is 55.7 Å². The molecule has 5 atom stereocenters. The summed E-state index contributed by atoms with van der Waals surface area (Å²) in [6.45, 7) is 4.70. The molecule has 0 bridgehead atoms. The zero-order valence-corrected chi connectivity index (χ0v) is 20.6. The predicted molar refractivity (Wildman–Crippen MR) is 126 cm³/mol. The van der Waals surface area contributed by atoms with Gasteiger partial charge in [-0.1, -0.05) is 18.2 Å². The molecule has 186 valence electrons. The lowest BCUT2D eigenvalue weighted by Gasteiger charge is -2.25. The Kier molecular flexibility index (Phi) is 8.72. The first kappa shape index (κ1) is 26.2. The van der Waals surface area contributed by atoms with E-state index in [1.165, 1.54) is 29.6 Å². The number of carbonyl (C=O) groups is 1. The SMILES string of the molecule is CC(C)OC(=O)[C@H](C)N[P@](=O)(OCC1SC(n2cnc(N)nc2=O)CC1O)Oc1ccccc1. The molecule has 0 radical (unpaired) electrons. The molecule has 4 N–H and O–H groups in total. The average Bonchev–Trinajstić information content (AvgIpc) is 3.12. The van der Waals surface area contributed by atoms with E-state index in [4.69, 9.17) is 19.5 Å². The summed E-state index contributed by atoms with van der Waals surface area (Å²) in [5.74, 6) is -0.487. The lowest BCUT2D eigenvalue weighted by atomic mass is 10.2. The fraction of sp³-hybridized carbons (Fsp3) is 0.500. The minimum Gasteiger partial charge on any atom is -0.462 e. The Bertz CT molecular complexity index is 1090. The van der Waals surface area contributed by atoms with E-state index in [2.05, 4.69) is 15.1 Å². The molecule has 0 amide bonds. The number of hydrogen-bond donors (Lipinski definition) is 3. The number of nitrogens with one attached hydrogen (secondary N) is 1. The van der Waals surface area contributed by atoms with Gasteiger partial charge >= 0.3 is 19.4 Å². The van der Waals surface area contributed by atoms with Crippen molar-refractivity contribution < 1.29 is 28.3 Å². The van der Waals surface area contributed by atoms with Crippen LogP contribution in [0.1, 0.15) is 32.6 Å². The number of aliphatic hydroxyl groups excluding tert-OH is 1. The van der Waals surface area contributed by atoms with Gasteiger partial charge < -0.3 is 20.1 Å². The smallest absolute Gasteiger partial charge is 0.459 e. The lowest BCUT2D eigenvalue weighted by Crippen LogP contribution is -2.37. The van der Waals surface area contributed by atoms with Crippen LogP contribution in [-0.2, 0) is 18.6 Å². The van der Waals surface area contributed by atoms with Crippen molar-refractivity contribution in [2.24, 2.45) is 0 Å². The van der Waals surface area contributed by atoms with Crippen LogP contribution in [0.5, 0.6) is 5.75 Å². The number of benzene rings is 1. The number of para-hydroxylation sites is 1. The minimum absolute atomic E-state index is 0.139. The van der Waals surface area contributed by atoms with Gasteiger partial charge in [-0.05, 0) is 32.9 Å². The summed E-state index contributed by atoms with van der Waals surface area (Å²) >= 11 is 1.24. The number of ether oxygens (including phenoxy) is 1. The summed E-state index contributed by atoms with van der Waals surface area (Å²) in [4.78, 5) is 31.8. The Labute approximate surface area is 200 Å². The molecule has 2 heterocycles. The van der Waals surface area contributed by atoms with Crippen LogP contribution >= 0.6 is 19.5 Å². The number of nitrogen functional groups attached to an aromatic ring is 1. The second-order valence-corrected chi connectivity index (χ2v) is 11.0. The molecule has 0 spiro atoms. The second kappa shape index (κ2) is 11.3. The predicted octanol–water partition coefficient (Wildman–Crippen LogP) is 1.72. The Hall–Kier alpha value is -2.44. The normalized spacial score (nSPS) is 22.8. The molecular weight excluding hydrogens is 485 g/mol. The van der Waals surface area contributed by atoms with Crippen molar-refractivity contribution >= 4 is 31.4 Å². The molecule has 1 fully saturated rings. The number of aromatic nitrogens is 3. The van der Waals surface area contributed by atoms with Gasteiger partial charge in [0.05, 0.1) is 29.4 Å². The molecule has 12 nitrogen and oxygen atoms in total. The number of anilines is 1. The maximum Gasteiger partial charge on any atom is 0.459 e. The van der Waals surface area contributed by atoms with Crippen molar-refractivity contribution in [1.82, 2.24) is 19.6 Å². The zero-order valence-electron chi connectivity index (χ0n) is 18.9. The third-order valence-corrected chi connectivity index (χ3v) is 7.87. The first-order valence-electron chi connectivity index (χ1n) is 10.6. The van der Waals surface area contributed by atoms with E-state index < -0.39 is 42.2 Å². The number of hydrogen-bond acceptors (Lipinski definition) is 11. The third kappa shape index (κ3) is 7.03. The molecule has 1 aliphatic heterocycles. The zero-order chi connectivity index (χ0) is 24.9. The van der Waals surface area contributed by atoms with Crippen molar-refractivity contribution in [2.75, 3.05) is 12.3 Å². The molecule has 14 heteroatoms. The first-order valence-corrected chi connectivity index (χ1v) is 13.1. The van der Waals surface area contributed by atoms with Crippen molar-refractivity contribution in [3.05, 3.63) is 47.1 Å². The largest absolute Gasteiger partial charge is 0.462 e.